The Kier molecular flexibility index (Phi) is 8.35. The summed E-state index contributed by atoms with van der Waals surface area (Å²) in [6.45, 7) is 2.30. The molecule has 37 heavy (non-hydrogen) atoms. The smallest absolute Gasteiger partial charge is 0.352 e. The van der Waals surface area contributed by atoms with Crippen LogP contribution in [0.2, 0.25) is 0 Å². The number of aliphatic hydroxyl groups excluding tert-OH is 1. The van der Waals surface area contributed by atoms with E-state index in [0.29, 0.717) is 24.3 Å². The van der Waals surface area contributed by atoms with E-state index < -0.39 is 29.2 Å². The first kappa shape index (κ1) is 26.5. The summed E-state index contributed by atoms with van der Waals surface area (Å²) in [4.78, 5) is 48.3. The summed E-state index contributed by atoms with van der Waals surface area (Å²) in [7, 11) is 0. The number of carbonyl (C=O) groups is 3. The highest BCUT2D eigenvalue weighted by Crippen LogP contribution is 2.40. The number of nitrogens with zero attached hydrogens (tertiary/aromatic N) is 5. The van der Waals surface area contributed by atoms with Gasteiger partial charge < -0.3 is 26.1 Å². The molecule has 4 rings (SSSR count). The van der Waals surface area contributed by atoms with Crippen molar-refractivity contribution in [3.8, 4) is 0 Å². The third-order valence-electron chi connectivity index (χ3n) is 5.65. The second kappa shape index (κ2) is 11.7. The molecule has 2 atom stereocenters. The Bertz CT molecular complexity index is 1250. The molecule has 0 aliphatic carbocycles. The molecular weight excluding hydrogens is 522 g/mol. The molecule has 2 amide bonds. The number of carboxylic acids is 1. The largest absolute Gasteiger partial charge is 0.477 e. The number of carboxylic acid groups (broad SMARTS) is 1. The van der Waals surface area contributed by atoms with Crippen LogP contribution in [0.3, 0.4) is 0 Å². The van der Waals surface area contributed by atoms with Gasteiger partial charge in [0.25, 0.3) is 11.8 Å². The normalized spacial score (nSPS) is 19.4. The van der Waals surface area contributed by atoms with E-state index in [1.165, 1.54) is 16.7 Å². The monoisotopic (exact) mass is 548 g/mol. The number of amides is 2. The molecule has 2 aliphatic rings. The van der Waals surface area contributed by atoms with Crippen molar-refractivity contribution in [2.24, 2.45) is 5.16 Å². The first-order chi connectivity index (χ1) is 17.8. The van der Waals surface area contributed by atoms with Crippen molar-refractivity contribution in [1.29, 1.82) is 0 Å². The van der Waals surface area contributed by atoms with Crippen LogP contribution >= 0.6 is 23.3 Å². The van der Waals surface area contributed by atoms with Crippen molar-refractivity contribution in [1.82, 2.24) is 19.6 Å². The zero-order valence-electron chi connectivity index (χ0n) is 19.9. The van der Waals surface area contributed by atoms with Gasteiger partial charge in [-0.05, 0) is 25.3 Å². The third kappa shape index (κ3) is 5.73. The molecule has 1 saturated heterocycles. The maximum absolute atomic E-state index is 13.0. The van der Waals surface area contributed by atoms with Crippen molar-refractivity contribution in [3.05, 3.63) is 47.2 Å². The van der Waals surface area contributed by atoms with Crippen LogP contribution in [0.5, 0.6) is 0 Å². The number of rotatable bonds is 11. The number of hydrogen-bond donors (Lipinski definition) is 4. The zero-order valence-corrected chi connectivity index (χ0v) is 21.5. The Labute approximate surface area is 220 Å². The maximum Gasteiger partial charge on any atom is 0.352 e. The number of anilines is 1. The summed E-state index contributed by atoms with van der Waals surface area (Å²) < 4.78 is 5.82. The molecule has 1 unspecified atom stereocenters. The molecule has 0 spiro atoms. The van der Waals surface area contributed by atoms with Gasteiger partial charge >= 0.3 is 5.97 Å². The first-order valence-electron chi connectivity index (χ1n) is 11.4. The van der Waals surface area contributed by atoms with Crippen LogP contribution in [0.15, 0.2) is 41.0 Å². The van der Waals surface area contributed by atoms with Gasteiger partial charge in [-0.25, -0.2) is 9.36 Å². The van der Waals surface area contributed by atoms with Gasteiger partial charge in [0.05, 0.1) is 0 Å². The molecule has 0 radical (unpaired) electrons. The fraction of sp³-hybridized carbons (Fsp3) is 0.409. The molecule has 5 N–H and O–H groups in total. The lowest BCUT2D eigenvalue weighted by molar-refractivity contribution is -0.689. The van der Waals surface area contributed by atoms with Crippen molar-refractivity contribution in [2.45, 2.75) is 37.7 Å². The molecule has 13 nitrogen and oxygen atoms in total. The molecule has 15 heteroatoms. The number of nitrogen functional groups attached to an aromatic ring is 1. The van der Waals surface area contributed by atoms with E-state index >= 15 is 0 Å². The van der Waals surface area contributed by atoms with Crippen LogP contribution in [0.1, 0.15) is 24.7 Å². The molecule has 0 aromatic carbocycles. The van der Waals surface area contributed by atoms with Crippen LogP contribution in [-0.4, -0.2) is 78.3 Å². The van der Waals surface area contributed by atoms with E-state index in [1.54, 1.807) is 6.92 Å². The highest BCUT2D eigenvalue weighted by molar-refractivity contribution is 8.00. The number of hydrogen-bond acceptors (Lipinski definition) is 11. The standard InChI is InChI=1S/C22H25N7O6S2/c1-2-35-26-14(17-25-22(23)37-27-17)18(31)24-15-19(32)29-16(21(33)34)13(11-36-20(15)29)10-28-7-5-12(6-8-28)4-3-9-30/h5-8,15,20,30H,2-4,9-11H2,1H3,(H3-,23,24,25,27,31,33,34)/p+1/t15?,20-/m0/s1. The number of β-lactam (4-membered cyclic amide) rings is 1. The van der Waals surface area contributed by atoms with Crippen molar-refractivity contribution < 1.29 is 34.0 Å². The van der Waals surface area contributed by atoms with E-state index in [4.69, 9.17) is 15.7 Å². The quantitative estimate of drug-likeness (QED) is 0.124. The number of nitrogens with two attached hydrogens (primary N) is 1. The van der Waals surface area contributed by atoms with Crippen molar-refractivity contribution in [2.75, 3.05) is 24.7 Å². The summed E-state index contributed by atoms with van der Waals surface area (Å²) in [5.74, 6) is -2.13. The summed E-state index contributed by atoms with van der Waals surface area (Å²) in [6.07, 6.45) is 5.10. The zero-order chi connectivity index (χ0) is 26.5. The molecule has 1 fully saturated rings. The topological polar surface area (TPSA) is 184 Å². The summed E-state index contributed by atoms with van der Waals surface area (Å²) in [5, 5.41) is 24.9. The Hall–Kier alpha value is -3.56. The van der Waals surface area contributed by atoms with Crippen LogP contribution < -0.4 is 15.6 Å². The third-order valence-corrected chi connectivity index (χ3v) is 7.53. The van der Waals surface area contributed by atoms with Crippen LogP contribution in [0.4, 0.5) is 5.13 Å². The van der Waals surface area contributed by atoms with Gasteiger partial charge in [0.2, 0.25) is 11.5 Å². The SMILES string of the molecule is CCON=C(C(=O)NC1C(=O)N2C(C(=O)O)=C(C[n+]3ccc(CCCO)cc3)CS[C@@H]12)c1nsc(N)n1. The number of oxime groups is 1. The Morgan fingerprint density at radius 1 is 1.38 bits per heavy atom. The number of aliphatic carboxylic acids is 1. The van der Waals surface area contributed by atoms with Gasteiger partial charge in [-0.3, -0.25) is 14.5 Å². The van der Waals surface area contributed by atoms with E-state index in [-0.39, 0.29) is 35.6 Å². The summed E-state index contributed by atoms with van der Waals surface area (Å²) in [6, 6.07) is 2.89. The van der Waals surface area contributed by atoms with Crippen LogP contribution in [-0.2, 0) is 32.2 Å². The van der Waals surface area contributed by atoms with E-state index in [9.17, 15) is 19.5 Å². The molecule has 2 aliphatic heterocycles. The predicted molar refractivity (Wildman–Crippen MR) is 134 cm³/mol. The molecule has 0 saturated carbocycles. The fourth-order valence-electron chi connectivity index (χ4n) is 3.92. The van der Waals surface area contributed by atoms with E-state index in [0.717, 1.165) is 23.5 Å². The number of carbonyl (C=O) groups excluding carboxylic acids is 2. The lowest BCUT2D eigenvalue weighted by Gasteiger charge is -2.49. The number of pyridine rings is 1. The number of aliphatic hydroxyl groups is 1. The molecule has 0 bridgehead atoms. The number of aryl methyl sites for hydroxylation is 1. The summed E-state index contributed by atoms with van der Waals surface area (Å²) in [5.41, 5.74) is 6.96. The Morgan fingerprint density at radius 3 is 2.76 bits per heavy atom. The minimum Gasteiger partial charge on any atom is -0.477 e. The van der Waals surface area contributed by atoms with Gasteiger partial charge in [-0.15, -0.1) is 11.8 Å². The molecule has 196 valence electrons. The minimum absolute atomic E-state index is 0.0267. The average Bonchev–Trinajstić information content (AvgIpc) is 3.32. The average molecular weight is 549 g/mol. The minimum atomic E-state index is -1.21. The first-order valence-corrected chi connectivity index (χ1v) is 13.3. The van der Waals surface area contributed by atoms with E-state index in [2.05, 4.69) is 19.8 Å². The maximum atomic E-state index is 13.0. The van der Waals surface area contributed by atoms with Crippen LogP contribution in [0.25, 0.3) is 0 Å². The lowest BCUT2D eigenvalue weighted by Crippen LogP contribution is -2.71. The lowest BCUT2D eigenvalue weighted by atomic mass is 10.0. The number of fused-ring (bicyclic) bond motifs is 1. The van der Waals surface area contributed by atoms with Gasteiger partial charge in [-0.2, -0.15) is 9.36 Å². The number of nitrogens with one attached hydrogen (secondary N) is 1. The summed E-state index contributed by atoms with van der Waals surface area (Å²) >= 11 is 2.25. The van der Waals surface area contributed by atoms with Gasteiger partial charge in [-0.1, -0.05) is 5.16 Å². The molecule has 2 aromatic rings. The second-order valence-corrected chi connectivity index (χ2v) is 10.0. The highest BCUT2D eigenvalue weighted by atomic mass is 32.2. The van der Waals surface area contributed by atoms with Gasteiger partial charge in [0.1, 0.15) is 23.7 Å². The van der Waals surface area contributed by atoms with Crippen molar-refractivity contribution >= 4 is 51.9 Å². The molecule has 2 aromatic heterocycles. The molecule has 4 heterocycles. The van der Waals surface area contributed by atoms with Gasteiger partial charge in [0, 0.05) is 41.6 Å². The Balaban J connectivity index is 1.49. The number of thioether (sulfide) groups is 1. The second-order valence-electron chi connectivity index (χ2n) is 8.14. The van der Waals surface area contributed by atoms with Gasteiger partial charge in [0.15, 0.2) is 24.1 Å². The number of aromatic nitrogens is 3. The predicted octanol–water partition coefficient (Wildman–Crippen LogP) is -0.488. The Morgan fingerprint density at radius 2 is 2.14 bits per heavy atom. The highest BCUT2D eigenvalue weighted by Gasteiger charge is 2.54. The molecular formula is C22H26N7O6S2+. The van der Waals surface area contributed by atoms with Crippen molar-refractivity contribution in [3.63, 3.8) is 0 Å². The van der Waals surface area contributed by atoms with E-state index in [1.807, 2.05) is 29.1 Å². The fourth-order valence-corrected chi connectivity index (χ4v) is 5.69. The van der Waals surface area contributed by atoms with Crippen LogP contribution in [0, 0.1) is 0 Å².